The van der Waals surface area contributed by atoms with E-state index >= 15 is 0 Å². The molecule has 1 amide bonds. The molecule has 82 valence electrons. The third-order valence-corrected chi connectivity index (χ3v) is 2.70. The molecule has 0 aromatic carbocycles. The molecule has 14 heavy (non-hydrogen) atoms. The largest absolute Gasteiger partial charge is 0.340 e. The molecule has 1 fully saturated rings. The summed E-state index contributed by atoms with van der Waals surface area (Å²) < 4.78 is 0. The van der Waals surface area contributed by atoms with E-state index in [1.54, 1.807) is 0 Å². The Morgan fingerprint density at radius 2 is 2.29 bits per heavy atom. The van der Waals surface area contributed by atoms with Crippen LogP contribution < -0.4 is 5.32 Å². The number of rotatable bonds is 4. The predicted molar refractivity (Wildman–Crippen MR) is 57.2 cm³/mol. The molecule has 1 aliphatic rings. The van der Waals surface area contributed by atoms with Crippen molar-refractivity contribution in [2.75, 3.05) is 40.8 Å². The minimum atomic E-state index is 0.0471. The second kappa shape index (κ2) is 5.32. The summed E-state index contributed by atoms with van der Waals surface area (Å²) in [5.41, 5.74) is 0. The van der Waals surface area contributed by atoms with Gasteiger partial charge in [0.2, 0.25) is 5.91 Å². The van der Waals surface area contributed by atoms with Crippen molar-refractivity contribution in [1.82, 2.24) is 15.1 Å². The van der Waals surface area contributed by atoms with Crippen molar-refractivity contribution in [2.45, 2.75) is 18.9 Å². The third kappa shape index (κ3) is 2.96. The molecule has 0 aliphatic carbocycles. The standard InChI is InChI=1S/C10H21N3O/c1-11-9-5-4-6-13(10(9)14)8-7-12(2)3/h9,11H,4-8H2,1-3H3. The molecule has 4 nitrogen and oxygen atoms in total. The van der Waals surface area contributed by atoms with Crippen LogP contribution in [0.2, 0.25) is 0 Å². The summed E-state index contributed by atoms with van der Waals surface area (Å²) in [4.78, 5) is 15.9. The SMILES string of the molecule is CNC1CCCN(CCN(C)C)C1=O. The number of hydrogen-bond donors (Lipinski definition) is 1. The summed E-state index contributed by atoms with van der Waals surface area (Å²) in [6, 6.07) is 0.0471. The number of hydrogen-bond acceptors (Lipinski definition) is 3. The van der Waals surface area contributed by atoms with E-state index in [1.807, 2.05) is 26.0 Å². The van der Waals surface area contributed by atoms with Crippen molar-refractivity contribution in [2.24, 2.45) is 0 Å². The molecule has 0 saturated carbocycles. The summed E-state index contributed by atoms with van der Waals surface area (Å²) in [6.07, 6.45) is 2.10. The highest BCUT2D eigenvalue weighted by atomic mass is 16.2. The van der Waals surface area contributed by atoms with Crippen LogP contribution in [0.25, 0.3) is 0 Å². The first-order valence-corrected chi connectivity index (χ1v) is 5.26. The number of amides is 1. The van der Waals surface area contributed by atoms with Crippen molar-refractivity contribution in [3.05, 3.63) is 0 Å². The van der Waals surface area contributed by atoms with E-state index in [9.17, 15) is 4.79 Å². The van der Waals surface area contributed by atoms with Crippen LogP contribution in [0.1, 0.15) is 12.8 Å². The first-order chi connectivity index (χ1) is 6.65. The fraction of sp³-hybridized carbons (Fsp3) is 0.900. The minimum absolute atomic E-state index is 0.0471. The topological polar surface area (TPSA) is 35.6 Å². The number of likely N-dealkylation sites (N-methyl/N-ethyl adjacent to an activating group) is 2. The van der Waals surface area contributed by atoms with E-state index in [0.29, 0.717) is 0 Å². The van der Waals surface area contributed by atoms with Crippen molar-refractivity contribution in [3.8, 4) is 0 Å². The van der Waals surface area contributed by atoms with Crippen LogP contribution in [0, 0.1) is 0 Å². The molecule has 1 unspecified atom stereocenters. The van der Waals surface area contributed by atoms with E-state index in [1.165, 1.54) is 0 Å². The van der Waals surface area contributed by atoms with Gasteiger partial charge in [0, 0.05) is 19.6 Å². The summed E-state index contributed by atoms with van der Waals surface area (Å²) in [6.45, 7) is 2.72. The fourth-order valence-corrected chi connectivity index (χ4v) is 1.75. The lowest BCUT2D eigenvalue weighted by molar-refractivity contribution is -0.135. The molecule has 1 N–H and O–H groups in total. The van der Waals surface area contributed by atoms with Gasteiger partial charge in [-0.05, 0) is 34.0 Å². The second-order valence-corrected chi connectivity index (χ2v) is 4.11. The molecular weight excluding hydrogens is 178 g/mol. The molecule has 0 radical (unpaired) electrons. The van der Waals surface area contributed by atoms with Gasteiger partial charge in [-0.3, -0.25) is 4.79 Å². The van der Waals surface area contributed by atoms with E-state index in [0.717, 1.165) is 32.5 Å². The Morgan fingerprint density at radius 3 is 2.86 bits per heavy atom. The number of piperidine rings is 1. The van der Waals surface area contributed by atoms with Crippen molar-refractivity contribution < 1.29 is 4.79 Å². The lowest BCUT2D eigenvalue weighted by Gasteiger charge is -2.32. The molecule has 1 aliphatic heterocycles. The maximum absolute atomic E-state index is 11.8. The summed E-state index contributed by atoms with van der Waals surface area (Å²) >= 11 is 0. The monoisotopic (exact) mass is 199 g/mol. The zero-order valence-electron chi connectivity index (χ0n) is 9.42. The quantitative estimate of drug-likeness (QED) is 0.678. The Labute approximate surface area is 86.2 Å². The van der Waals surface area contributed by atoms with Crippen molar-refractivity contribution >= 4 is 5.91 Å². The Bertz CT molecular complexity index is 194. The van der Waals surface area contributed by atoms with Crippen molar-refractivity contribution in [3.63, 3.8) is 0 Å². The number of carbonyl (C=O) groups is 1. The maximum atomic E-state index is 11.8. The zero-order valence-corrected chi connectivity index (χ0v) is 9.42. The normalized spacial score (nSPS) is 23.3. The van der Waals surface area contributed by atoms with E-state index in [2.05, 4.69) is 10.2 Å². The van der Waals surface area contributed by atoms with Crippen LogP contribution in [-0.4, -0.2) is 62.5 Å². The highest BCUT2D eigenvalue weighted by molar-refractivity contribution is 5.82. The van der Waals surface area contributed by atoms with Crippen LogP contribution >= 0.6 is 0 Å². The lowest BCUT2D eigenvalue weighted by Crippen LogP contribution is -2.51. The molecular formula is C10H21N3O. The van der Waals surface area contributed by atoms with Gasteiger partial charge in [-0.2, -0.15) is 0 Å². The predicted octanol–water partition coefficient (Wildman–Crippen LogP) is -0.242. The first kappa shape index (κ1) is 11.5. The molecule has 1 heterocycles. The third-order valence-electron chi connectivity index (χ3n) is 2.70. The number of nitrogens with zero attached hydrogens (tertiary/aromatic N) is 2. The molecule has 0 bridgehead atoms. The molecule has 1 rings (SSSR count). The summed E-state index contributed by atoms with van der Waals surface area (Å²) in [5, 5.41) is 3.07. The van der Waals surface area contributed by atoms with Gasteiger partial charge in [0.1, 0.15) is 0 Å². The summed E-state index contributed by atoms with van der Waals surface area (Å²) in [7, 11) is 5.92. The van der Waals surface area contributed by atoms with Gasteiger partial charge in [-0.25, -0.2) is 0 Å². The van der Waals surface area contributed by atoms with Crippen LogP contribution in [0.3, 0.4) is 0 Å². The maximum Gasteiger partial charge on any atom is 0.239 e. The zero-order chi connectivity index (χ0) is 10.6. The molecule has 0 aromatic rings. The average Bonchev–Trinajstić information content (AvgIpc) is 2.16. The van der Waals surface area contributed by atoms with Gasteiger partial charge in [0.05, 0.1) is 6.04 Å². The molecule has 4 heteroatoms. The first-order valence-electron chi connectivity index (χ1n) is 5.26. The van der Waals surface area contributed by atoms with Crippen LogP contribution in [0.4, 0.5) is 0 Å². The number of likely N-dealkylation sites (tertiary alicyclic amines) is 1. The van der Waals surface area contributed by atoms with Gasteiger partial charge >= 0.3 is 0 Å². The van der Waals surface area contributed by atoms with Gasteiger partial charge in [-0.15, -0.1) is 0 Å². The fourth-order valence-electron chi connectivity index (χ4n) is 1.75. The number of carbonyl (C=O) groups excluding carboxylic acids is 1. The van der Waals surface area contributed by atoms with Crippen LogP contribution in [0.5, 0.6) is 0 Å². The Morgan fingerprint density at radius 1 is 1.57 bits per heavy atom. The van der Waals surface area contributed by atoms with Gasteiger partial charge in [0.15, 0.2) is 0 Å². The molecule has 0 aromatic heterocycles. The Kier molecular flexibility index (Phi) is 4.35. The van der Waals surface area contributed by atoms with Gasteiger partial charge in [0.25, 0.3) is 0 Å². The van der Waals surface area contributed by atoms with Crippen LogP contribution in [-0.2, 0) is 4.79 Å². The van der Waals surface area contributed by atoms with Gasteiger partial charge < -0.3 is 15.1 Å². The highest BCUT2D eigenvalue weighted by Gasteiger charge is 2.26. The summed E-state index contributed by atoms with van der Waals surface area (Å²) in [5.74, 6) is 0.264. The molecule has 1 saturated heterocycles. The van der Waals surface area contributed by atoms with Crippen molar-refractivity contribution in [1.29, 1.82) is 0 Å². The Hall–Kier alpha value is -0.610. The number of nitrogens with one attached hydrogen (secondary N) is 1. The Balaban J connectivity index is 2.40. The highest BCUT2D eigenvalue weighted by Crippen LogP contribution is 2.10. The van der Waals surface area contributed by atoms with E-state index < -0.39 is 0 Å². The van der Waals surface area contributed by atoms with Gasteiger partial charge in [-0.1, -0.05) is 0 Å². The minimum Gasteiger partial charge on any atom is -0.340 e. The van der Waals surface area contributed by atoms with E-state index in [4.69, 9.17) is 0 Å². The average molecular weight is 199 g/mol. The smallest absolute Gasteiger partial charge is 0.239 e. The lowest BCUT2D eigenvalue weighted by atomic mass is 10.1. The second-order valence-electron chi connectivity index (χ2n) is 4.11. The molecule has 1 atom stereocenters. The molecule has 0 spiro atoms. The van der Waals surface area contributed by atoms with E-state index in [-0.39, 0.29) is 11.9 Å². The van der Waals surface area contributed by atoms with Crippen LogP contribution in [0.15, 0.2) is 0 Å².